The van der Waals surface area contributed by atoms with Crippen molar-refractivity contribution in [3.05, 3.63) is 17.5 Å². The van der Waals surface area contributed by atoms with Crippen molar-refractivity contribution in [2.24, 2.45) is 0 Å². The highest BCUT2D eigenvalue weighted by atomic mass is 32.2. The summed E-state index contributed by atoms with van der Waals surface area (Å²) in [5.41, 5.74) is -0.0370. The number of thioether (sulfide) groups is 1. The van der Waals surface area contributed by atoms with E-state index in [0.717, 1.165) is 6.54 Å². The van der Waals surface area contributed by atoms with Gasteiger partial charge in [-0.1, -0.05) is 11.6 Å². The topological polar surface area (TPSA) is 75.4 Å². The van der Waals surface area contributed by atoms with E-state index in [1.807, 2.05) is 11.8 Å². The predicted molar refractivity (Wildman–Crippen MR) is 65.3 cm³/mol. The molecule has 94 valence electrons. The summed E-state index contributed by atoms with van der Waals surface area (Å²) in [5, 5.41) is 15.5. The summed E-state index contributed by atoms with van der Waals surface area (Å²) >= 11 is 1.90. The summed E-state index contributed by atoms with van der Waals surface area (Å²) in [7, 11) is 0. The minimum absolute atomic E-state index is 0.0370. The molecule has 1 aromatic rings. The molecule has 0 amide bonds. The molecule has 1 aliphatic carbocycles. The number of carboxylic acid groups (broad SMARTS) is 1. The zero-order valence-electron chi connectivity index (χ0n) is 9.73. The van der Waals surface area contributed by atoms with E-state index in [-0.39, 0.29) is 5.69 Å². The molecule has 0 bridgehead atoms. The Morgan fingerprint density at radius 3 is 2.94 bits per heavy atom. The lowest BCUT2D eigenvalue weighted by molar-refractivity contribution is 0.0685. The fourth-order valence-electron chi connectivity index (χ4n) is 1.93. The molecule has 6 heteroatoms. The Bertz CT molecular complexity index is 396. The number of nitrogens with zero attached hydrogens (tertiary/aromatic N) is 1. The Kier molecular flexibility index (Phi) is 3.73. The van der Waals surface area contributed by atoms with Crippen LogP contribution in [0.1, 0.15) is 35.5 Å². The minimum Gasteiger partial charge on any atom is -0.476 e. The number of aromatic carboxylic acids is 1. The van der Waals surface area contributed by atoms with Crippen molar-refractivity contribution in [3.8, 4) is 0 Å². The van der Waals surface area contributed by atoms with Gasteiger partial charge in [0.25, 0.3) is 0 Å². The molecule has 0 unspecified atom stereocenters. The second kappa shape index (κ2) is 5.10. The third kappa shape index (κ3) is 2.81. The number of carboxylic acids is 1. The molecule has 2 N–H and O–H groups in total. The van der Waals surface area contributed by atoms with Crippen molar-refractivity contribution in [3.63, 3.8) is 0 Å². The number of rotatable bonds is 6. The van der Waals surface area contributed by atoms with E-state index in [0.29, 0.717) is 17.1 Å². The molecule has 0 aliphatic heterocycles. The lowest BCUT2D eigenvalue weighted by atomic mass is 9.84. The standard InChI is InChI=1S/C11H16N2O3S/c1-17-11(3-2-4-11)7-12-6-8-5-9(10(14)15)13-16-8/h5,12H,2-4,6-7H2,1H3,(H,14,15). The molecule has 1 fully saturated rings. The minimum atomic E-state index is -1.06. The molecule has 1 saturated carbocycles. The van der Waals surface area contributed by atoms with Crippen LogP contribution in [-0.2, 0) is 6.54 Å². The molecule has 17 heavy (non-hydrogen) atoms. The van der Waals surface area contributed by atoms with E-state index in [9.17, 15) is 4.79 Å². The summed E-state index contributed by atoms with van der Waals surface area (Å²) < 4.78 is 5.30. The van der Waals surface area contributed by atoms with Crippen molar-refractivity contribution in [1.82, 2.24) is 10.5 Å². The lowest BCUT2D eigenvalue weighted by Crippen LogP contribution is -2.43. The second-order valence-corrected chi connectivity index (χ2v) is 5.60. The van der Waals surface area contributed by atoms with Gasteiger partial charge >= 0.3 is 5.97 Å². The molecule has 1 aliphatic rings. The van der Waals surface area contributed by atoms with Crippen LogP contribution >= 0.6 is 11.8 Å². The monoisotopic (exact) mass is 256 g/mol. The molecular weight excluding hydrogens is 240 g/mol. The van der Waals surface area contributed by atoms with Gasteiger partial charge in [0.1, 0.15) is 0 Å². The third-order valence-corrected chi connectivity index (χ3v) is 4.64. The van der Waals surface area contributed by atoms with E-state index in [4.69, 9.17) is 9.63 Å². The number of hydrogen-bond donors (Lipinski definition) is 2. The molecular formula is C11H16N2O3S. The van der Waals surface area contributed by atoms with Gasteiger partial charge in [0.2, 0.25) is 0 Å². The molecule has 5 nitrogen and oxygen atoms in total. The van der Waals surface area contributed by atoms with E-state index >= 15 is 0 Å². The summed E-state index contributed by atoms with van der Waals surface area (Å²) in [6, 6.07) is 1.46. The van der Waals surface area contributed by atoms with Crippen LogP contribution in [-0.4, -0.2) is 33.8 Å². The normalized spacial score (nSPS) is 17.7. The van der Waals surface area contributed by atoms with Crippen LogP contribution in [0.25, 0.3) is 0 Å². The van der Waals surface area contributed by atoms with Crippen molar-refractivity contribution >= 4 is 17.7 Å². The smallest absolute Gasteiger partial charge is 0.358 e. The highest BCUT2D eigenvalue weighted by Gasteiger charge is 2.35. The molecule has 0 spiro atoms. The summed E-state index contributed by atoms with van der Waals surface area (Å²) in [5.74, 6) is -0.488. The fraction of sp³-hybridized carbons (Fsp3) is 0.636. The average molecular weight is 256 g/mol. The van der Waals surface area contributed by atoms with Gasteiger partial charge in [0.15, 0.2) is 11.5 Å². The lowest BCUT2D eigenvalue weighted by Gasteiger charge is -2.40. The Morgan fingerprint density at radius 1 is 1.71 bits per heavy atom. The highest BCUT2D eigenvalue weighted by molar-refractivity contribution is 8.00. The van der Waals surface area contributed by atoms with Crippen LogP contribution in [0.4, 0.5) is 0 Å². The van der Waals surface area contributed by atoms with Crippen LogP contribution in [0.3, 0.4) is 0 Å². The van der Waals surface area contributed by atoms with E-state index in [1.165, 1.54) is 25.3 Å². The van der Waals surface area contributed by atoms with Gasteiger partial charge in [0, 0.05) is 17.4 Å². The molecule has 1 aromatic heterocycles. The number of carbonyl (C=O) groups is 1. The third-order valence-electron chi connectivity index (χ3n) is 3.22. The van der Waals surface area contributed by atoms with Crippen LogP contribution < -0.4 is 5.32 Å². The van der Waals surface area contributed by atoms with Crippen LogP contribution in [0.15, 0.2) is 10.6 Å². The maximum Gasteiger partial charge on any atom is 0.358 e. The predicted octanol–water partition coefficient (Wildman–Crippen LogP) is 1.75. The molecule has 0 radical (unpaired) electrons. The van der Waals surface area contributed by atoms with Gasteiger partial charge in [-0.2, -0.15) is 11.8 Å². The fourth-order valence-corrected chi connectivity index (χ4v) is 2.88. The Labute approximate surface area is 104 Å². The first-order valence-electron chi connectivity index (χ1n) is 5.60. The quantitative estimate of drug-likeness (QED) is 0.807. The van der Waals surface area contributed by atoms with Gasteiger partial charge in [0.05, 0.1) is 6.54 Å². The number of hydrogen-bond acceptors (Lipinski definition) is 5. The van der Waals surface area contributed by atoms with E-state index in [1.54, 1.807) is 0 Å². The zero-order chi connectivity index (χ0) is 12.3. The Balaban J connectivity index is 1.79. The molecule has 0 atom stereocenters. The summed E-state index contributed by atoms with van der Waals surface area (Å²) in [4.78, 5) is 10.6. The van der Waals surface area contributed by atoms with Gasteiger partial charge in [-0.3, -0.25) is 0 Å². The first-order valence-corrected chi connectivity index (χ1v) is 6.82. The maximum absolute atomic E-state index is 10.6. The largest absolute Gasteiger partial charge is 0.476 e. The van der Waals surface area contributed by atoms with E-state index < -0.39 is 5.97 Å². The van der Waals surface area contributed by atoms with Crippen molar-refractivity contribution < 1.29 is 14.4 Å². The molecule has 2 rings (SSSR count). The van der Waals surface area contributed by atoms with Crippen LogP contribution in [0.5, 0.6) is 0 Å². The van der Waals surface area contributed by atoms with Crippen LogP contribution in [0, 0.1) is 0 Å². The average Bonchev–Trinajstić information content (AvgIpc) is 2.71. The van der Waals surface area contributed by atoms with Gasteiger partial charge in [-0.05, 0) is 19.1 Å². The first-order chi connectivity index (χ1) is 8.15. The van der Waals surface area contributed by atoms with Gasteiger partial charge in [-0.25, -0.2) is 4.79 Å². The first kappa shape index (κ1) is 12.4. The van der Waals surface area contributed by atoms with E-state index in [2.05, 4.69) is 16.7 Å². The van der Waals surface area contributed by atoms with Gasteiger partial charge < -0.3 is 14.9 Å². The second-order valence-electron chi connectivity index (χ2n) is 4.33. The summed E-state index contributed by atoms with van der Waals surface area (Å²) in [6.07, 6.45) is 5.93. The maximum atomic E-state index is 10.6. The SMILES string of the molecule is CSC1(CNCc2cc(C(=O)O)no2)CCC1. The number of aromatic nitrogens is 1. The highest BCUT2D eigenvalue weighted by Crippen LogP contribution is 2.42. The van der Waals surface area contributed by atoms with Crippen molar-refractivity contribution in [2.75, 3.05) is 12.8 Å². The van der Waals surface area contributed by atoms with Crippen LogP contribution in [0.2, 0.25) is 0 Å². The zero-order valence-corrected chi connectivity index (χ0v) is 10.5. The Morgan fingerprint density at radius 2 is 2.47 bits per heavy atom. The molecule has 0 aromatic carbocycles. The number of nitrogens with one attached hydrogen (secondary N) is 1. The van der Waals surface area contributed by atoms with Crippen molar-refractivity contribution in [1.29, 1.82) is 0 Å². The molecule has 0 saturated heterocycles. The molecule has 1 heterocycles. The van der Waals surface area contributed by atoms with Gasteiger partial charge in [-0.15, -0.1) is 0 Å². The summed E-state index contributed by atoms with van der Waals surface area (Å²) in [6.45, 7) is 1.46. The van der Waals surface area contributed by atoms with Crippen molar-refractivity contribution in [2.45, 2.75) is 30.6 Å². The Hall–Kier alpha value is -1.01.